The molecule has 3 heteroatoms. The lowest BCUT2D eigenvalue weighted by Crippen LogP contribution is -2.33. The molecule has 138 valence electrons. The third kappa shape index (κ3) is 4.87. The summed E-state index contributed by atoms with van der Waals surface area (Å²) in [7, 11) is 1.68. The molecule has 1 fully saturated rings. The molecule has 0 spiro atoms. The summed E-state index contributed by atoms with van der Waals surface area (Å²) in [5.74, 6) is 1.60. The molecule has 0 aliphatic heterocycles. The maximum absolute atomic E-state index is 12.4. The molecule has 26 heavy (non-hydrogen) atoms. The van der Waals surface area contributed by atoms with Gasteiger partial charge < -0.3 is 10.1 Å². The Labute approximate surface area is 156 Å². The molecular weight excluding hydrogens is 322 g/mol. The first-order valence-corrected chi connectivity index (χ1v) is 9.74. The molecule has 2 aromatic carbocycles. The van der Waals surface area contributed by atoms with Crippen molar-refractivity contribution in [3.63, 3.8) is 0 Å². The summed E-state index contributed by atoms with van der Waals surface area (Å²) in [4.78, 5) is 12.4. The molecule has 1 amide bonds. The number of methoxy groups -OCH3 is 1. The summed E-state index contributed by atoms with van der Waals surface area (Å²) in [6.07, 6.45) is 6.65. The van der Waals surface area contributed by atoms with Crippen LogP contribution in [-0.4, -0.2) is 19.6 Å². The summed E-state index contributed by atoms with van der Waals surface area (Å²) in [5.41, 5.74) is 2.54. The number of nitrogens with one attached hydrogen (secondary N) is 1. The second-order valence-corrected chi connectivity index (χ2v) is 7.15. The van der Waals surface area contributed by atoms with Crippen LogP contribution in [0.3, 0.4) is 0 Å². The van der Waals surface area contributed by atoms with Crippen molar-refractivity contribution in [2.45, 2.75) is 44.4 Å². The van der Waals surface area contributed by atoms with Crippen molar-refractivity contribution >= 4 is 5.91 Å². The van der Waals surface area contributed by atoms with Crippen molar-refractivity contribution in [3.05, 3.63) is 65.7 Å². The molecule has 0 radical (unpaired) electrons. The minimum absolute atomic E-state index is 0.222. The Bertz CT molecular complexity index is 675. The molecule has 0 heterocycles. The highest BCUT2D eigenvalue weighted by molar-refractivity contribution is 5.78. The van der Waals surface area contributed by atoms with Gasteiger partial charge in [-0.2, -0.15) is 0 Å². The Hall–Kier alpha value is -2.29. The fraction of sp³-hybridized carbons (Fsp3) is 0.435. The van der Waals surface area contributed by atoms with Gasteiger partial charge in [-0.3, -0.25) is 4.79 Å². The minimum atomic E-state index is 0.222. The molecule has 1 saturated carbocycles. The Morgan fingerprint density at radius 2 is 1.65 bits per heavy atom. The van der Waals surface area contributed by atoms with E-state index in [9.17, 15) is 4.79 Å². The van der Waals surface area contributed by atoms with E-state index in [4.69, 9.17) is 4.74 Å². The first-order chi connectivity index (χ1) is 12.8. The van der Waals surface area contributed by atoms with Gasteiger partial charge in [-0.05, 0) is 42.5 Å². The molecule has 2 aromatic rings. The Kier molecular flexibility index (Phi) is 6.70. The van der Waals surface area contributed by atoms with Crippen molar-refractivity contribution in [2.75, 3.05) is 13.7 Å². The van der Waals surface area contributed by atoms with Gasteiger partial charge in [0.05, 0.1) is 7.11 Å². The SMILES string of the molecule is COc1ccc([C@@H](CCNC(=O)C2CCCCC2)c2ccccc2)cc1. The number of benzene rings is 2. The van der Waals surface area contributed by atoms with E-state index in [0.29, 0.717) is 6.54 Å². The van der Waals surface area contributed by atoms with E-state index in [0.717, 1.165) is 25.0 Å². The zero-order valence-corrected chi connectivity index (χ0v) is 15.6. The van der Waals surface area contributed by atoms with E-state index in [-0.39, 0.29) is 17.7 Å². The fourth-order valence-electron chi connectivity index (χ4n) is 3.90. The van der Waals surface area contributed by atoms with Gasteiger partial charge in [0, 0.05) is 18.4 Å². The van der Waals surface area contributed by atoms with E-state index in [1.165, 1.54) is 30.4 Å². The van der Waals surface area contributed by atoms with Crippen LogP contribution < -0.4 is 10.1 Å². The average Bonchev–Trinajstić information content (AvgIpc) is 2.72. The fourth-order valence-corrected chi connectivity index (χ4v) is 3.90. The molecule has 1 aliphatic carbocycles. The van der Waals surface area contributed by atoms with Crippen molar-refractivity contribution in [1.82, 2.24) is 5.32 Å². The molecule has 1 aliphatic rings. The minimum Gasteiger partial charge on any atom is -0.497 e. The number of carbonyl (C=O) groups excluding carboxylic acids is 1. The number of rotatable bonds is 7. The van der Waals surface area contributed by atoms with E-state index in [1.54, 1.807) is 7.11 Å². The van der Waals surface area contributed by atoms with E-state index < -0.39 is 0 Å². The highest BCUT2D eigenvalue weighted by Crippen LogP contribution is 2.29. The lowest BCUT2D eigenvalue weighted by molar-refractivity contribution is -0.125. The predicted octanol–water partition coefficient (Wildman–Crippen LogP) is 4.91. The van der Waals surface area contributed by atoms with Crippen molar-refractivity contribution < 1.29 is 9.53 Å². The maximum atomic E-state index is 12.4. The van der Waals surface area contributed by atoms with Crippen LogP contribution in [0.25, 0.3) is 0 Å². The van der Waals surface area contributed by atoms with Gasteiger partial charge in [0.15, 0.2) is 0 Å². The van der Waals surface area contributed by atoms with Crippen LogP contribution in [0.5, 0.6) is 5.75 Å². The smallest absolute Gasteiger partial charge is 0.223 e. The van der Waals surface area contributed by atoms with Gasteiger partial charge in [-0.1, -0.05) is 61.7 Å². The number of ether oxygens (including phenoxy) is 1. The van der Waals surface area contributed by atoms with E-state index in [1.807, 2.05) is 18.2 Å². The molecule has 0 aromatic heterocycles. The van der Waals surface area contributed by atoms with Crippen LogP contribution in [0, 0.1) is 5.92 Å². The van der Waals surface area contributed by atoms with Crippen LogP contribution in [-0.2, 0) is 4.79 Å². The normalized spacial score (nSPS) is 16.0. The summed E-state index contributed by atoms with van der Waals surface area (Å²) in [5, 5.41) is 3.18. The monoisotopic (exact) mass is 351 g/mol. The first-order valence-electron chi connectivity index (χ1n) is 9.74. The molecule has 0 unspecified atom stereocenters. The van der Waals surface area contributed by atoms with Crippen molar-refractivity contribution in [2.24, 2.45) is 5.92 Å². The van der Waals surface area contributed by atoms with Gasteiger partial charge in [-0.15, -0.1) is 0 Å². The van der Waals surface area contributed by atoms with Crippen LogP contribution in [0.15, 0.2) is 54.6 Å². The highest BCUT2D eigenvalue weighted by Gasteiger charge is 2.21. The zero-order valence-electron chi connectivity index (χ0n) is 15.6. The van der Waals surface area contributed by atoms with E-state index in [2.05, 4.69) is 41.7 Å². The quantitative estimate of drug-likeness (QED) is 0.769. The molecule has 3 rings (SSSR count). The van der Waals surface area contributed by atoms with Gasteiger partial charge >= 0.3 is 0 Å². The standard InChI is InChI=1S/C23H29NO2/c1-26-21-14-12-19(13-15-21)22(18-8-4-2-5-9-18)16-17-24-23(25)20-10-6-3-7-11-20/h2,4-5,8-9,12-15,20,22H,3,6-7,10-11,16-17H2,1H3,(H,24,25)/t22-/m0/s1. The lowest BCUT2D eigenvalue weighted by atomic mass is 9.87. The van der Waals surface area contributed by atoms with Gasteiger partial charge in [0.25, 0.3) is 0 Å². The second kappa shape index (κ2) is 9.42. The van der Waals surface area contributed by atoms with E-state index >= 15 is 0 Å². The van der Waals surface area contributed by atoms with Crippen LogP contribution in [0.4, 0.5) is 0 Å². The van der Waals surface area contributed by atoms with Crippen LogP contribution >= 0.6 is 0 Å². The largest absolute Gasteiger partial charge is 0.497 e. The Morgan fingerprint density at radius 3 is 2.31 bits per heavy atom. The maximum Gasteiger partial charge on any atom is 0.223 e. The zero-order chi connectivity index (χ0) is 18.2. The number of amides is 1. The summed E-state index contributed by atoms with van der Waals surface area (Å²) in [6, 6.07) is 18.8. The van der Waals surface area contributed by atoms with Crippen molar-refractivity contribution in [3.8, 4) is 5.75 Å². The third-order valence-corrected chi connectivity index (χ3v) is 5.43. The predicted molar refractivity (Wildman–Crippen MR) is 105 cm³/mol. The average molecular weight is 351 g/mol. The molecule has 0 saturated heterocycles. The Balaban J connectivity index is 1.65. The number of hydrogen-bond acceptors (Lipinski definition) is 2. The number of hydrogen-bond donors (Lipinski definition) is 1. The summed E-state index contributed by atoms with van der Waals surface area (Å²) >= 11 is 0. The topological polar surface area (TPSA) is 38.3 Å². The van der Waals surface area contributed by atoms with Gasteiger partial charge in [-0.25, -0.2) is 0 Å². The molecule has 0 bridgehead atoms. The lowest BCUT2D eigenvalue weighted by Gasteiger charge is -2.22. The Morgan fingerprint density at radius 1 is 1.00 bits per heavy atom. The summed E-state index contributed by atoms with van der Waals surface area (Å²) < 4.78 is 5.28. The van der Waals surface area contributed by atoms with Gasteiger partial charge in [0.1, 0.15) is 5.75 Å². The molecule has 1 N–H and O–H groups in total. The first kappa shape index (κ1) is 18.5. The third-order valence-electron chi connectivity index (χ3n) is 5.43. The van der Waals surface area contributed by atoms with Crippen LogP contribution in [0.1, 0.15) is 55.6 Å². The highest BCUT2D eigenvalue weighted by atomic mass is 16.5. The van der Waals surface area contributed by atoms with Gasteiger partial charge in [0.2, 0.25) is 5.91 Å². The second-order valence-electron chi connectivity index (χ2n) is 7.15. The van der Waals surface area contributed by atoms with Crippen LogP contribution in [0.2, 0.25) is 0 Å². The molecular formula is C23H29NO2. The molecule has 3 nitrogen and oxygen atoms in total. The summed E-state index contributed by atoms with van der Waals surface area (Å²) in [6.45, 7) is 0.709. The number of carbonyl (C=O) groups is 1. The molecule has 1 atom stereocenters. The van der Waals surface area contributed by atoms with Crippen molar-refractivity contribution in [1.29, 1.82) is 0 Å².